The summed E-state index contributed by atoms with van der Waals surface area (Å²) in [5, 5.41) is 9.62. The molecule has 0 aliphatic carbocycles. The van der Waals surface area contributed by atoms with E-state index in [1.54, 1.807) is 0 Å². The molecule has 26 heavy (non-hydrogen) atoms. The smallest absolute Gasteiger partial charge is 0.319 e. The molecule has 0 aliphatic heterocycles. The van der Waals surface area contributed by atoms with Crippen LogP contribution in [0, 0.1) is 6.92 Å². The van der Waals surface area contributed by atoms with Crippen molar-refractivity contribution in [1.29, 1.82) is 0 Å². The minimum absolute atomic E-state index is 0.224. The molecule has 2 N–H and O–H groups in total. The topological polar surface area (TPSA) is 80.0 Å². The van der Waals surface area contributed by atoms with Gasteiger partial charge in [0.15, 0.2) is 0 Å². The average molecular weight is 350 g/mol. The van der Waals surface area contributed by atoms with Gasteiger partial charge in [0.2, 0.25) is 11.7 Å². The summed E-state index contributed by atoms with van der Waals surface area (Å²) < 4.78 is 5.11. The molecule has 3 rings (SSSR count). The Bertz CT molecular complexity index is 854. The van der Waals surface area contributed by atoms with Crippen LogP contribution >= 0.6 is 0 Å². The van der Waals surface area contributed by atoms with Gasteiger partial charge in [0.1, 0.15) is 0 Å². The molecule has 6 nitrogen and oxygen atoms in total. The summed E-state index contributed by atoms with van der Waals surface area (Å²) >= 11 is 0. The van der Waals surface area contributed by atoms with Crippen molar-refractivity contribution in [3.05, 3.63) is 65.5 Å². The van der Waals surface area contributed by atoms with Gasteiger partial charge in [-0.05, 0) is 43.2 Å². The van der Waals surface area contributed by atoms with Crippen LogP contribution in [0.5, 0.6) is 0 Å². The van der Waals surface area contributed by atoms with Gasteiger partial charge in [-0.15, -0.1) is 0 Å². The van der Waals surface area contributed by atoms with Crippen molar-refractivity contribution in [2.45, 2.75) is 26.7 Å². The van der Waals surface area contributed by atoms with Crippen LogP contribution in [0.1, 0.15) is 23.9 Å². The van der Waals surface area contributed by atoms with Crippen LogP contribution in [-0.4, -0.2) is 22.7 Å². The van der Waals surface area contributed by atoms with Gasteiger partial charge in [0.05, 0.1) is 0 Å². The number of aromatic nitrogens is 2. The summed E-state index contributed by atoms with van der Waals surface area (Å²) in [6, 6.07) is 15.4. The Kier molecular flexibility index (Phi) is 5.63. The summed E-state index contributed by atoms with van der Waals surface area (Å²) in [7, 11) is 0. The largest absolute Gasteiger partial charge is 0.339 e. The first-order valence-corrected chi connectivity index (χ1v) is 8.67. The predicted molar refractivity (Wildman–Crippen MR) is 101 cm³/mol. The Morgan fingerprint density at radius 1 is 1.08 bits per heavy atom. The Hall–Kier alpha value is -3.15. The minimum atomic E-state index is -0.224. The molecule has 0 spiro atoms. The number of urea groups is 1. The molecule has 0 aliphatic rings. The van der Waals surface area contributed by atoms with E-state index in [2.05, 4.69) is 52.0 Å². The van der Waals surface area contributed by atoms with Crippen molar-refractivity contribution in [2.75, 3.05) is 11.9 Å². The molecule has 0 saturated heterocycles. The van der Waals surface area contributed by atoms with Crippen LogP contribution in [0.2, 0.25) is 0 Å². The molecular formula is C20H22N4O2. The first kappa shape index (κ1) is 17.7. The van der Waals surface area contributed by atoms with E-state index in [-0.39, 0.29) is 6.03 Å². The third kappa shape index (κ3) is 4.69. The molecule has 0 saturated carbocycles. The van der Waals surface area contributed by atoms with E-state index in [0.717, 1.165) is 12.0 Å². The van der Waals surface area contributed by atoms with Gasteiger partial charge in [0.25, 0.3) is 0 Å². The maximum absolute atomic E-state index is 12.0. The lowest BCUT2D eigenvalue weighted by atomic mass is 10.1. The third-order valence-corrected chi connectivity index (χ3v) is 3.99. The van der Waals surface area contributed by atoms with E-state index in [1.807, 2.05) is 31.2 Å². The summed E-state index contributed by atoms with van der Waals surface area (Å²) in [5.41, 5.74) is 3.99. The number of carbonyl (C=O) groups excluding carboxylic acids is 1. The maximum Gasteiger partial charge on any atom is 0.319 e. The van der Waals surface area contributed by atoms with Gasteiger partial charge in [-0.2, -0.15) is 4.98 Å². The molecule has 1 aromatic heterocycles. The lowest BCUT2D eigenvalue weighted by Crippen LogP contribution is -2.30. The third-order valence-electron chi connectivity index (χ3n) is 3.99. The second kappa shape index (κ2) is 8.29. The van der Waals surface area contributed by atoms with E-state index >= 15 is 0 Å². The number of nitrogens with one attached hydrogen (secondary N) is 2. The van der Waals surface area contributed by atoms with Crippen LogP contribution in [0.25, 0.3) is 11.4 Å². The number of nitrogens with zero attached hydrogens (tertiary/aromatic N) is 2. The first-order valence-electron chi connectivity index (χ1n) is 8.67. The van der Waals surface area contributed by atoms with Crippen molar-refractivity contribution in [3.8, 4) is 11.4 Å². The van der Waals surface area contributed by atoms with E-state index in [1.165, 1.54) is 11.1 Å². The van der Waals surface area contributed by atoms with Gasteiger partial charge in [-0.1, -0.05) is 41.9 Å². The Morgan fingerprint density at radius 3 is 2.46 bits per heavy atom. The molecule has 3 aromatic rings. The molecule has 0 radical (unpaired) electrons. The quantitative estimate of drug-likeness (QED) is 0.705. The molecule has 0 unspecified atom stereocenters. The highest BCUT2D eigenvalue weighted by Crippen LogP contribution is 2.18. The molecule has 2 amide bonds. The summed E-state index contributed by atoms with van der Waals surface area (Å²) in [5.74, 6) is 1.16. The van der Waals surface area contributed by atoms with Gasteiger partial charge >= 0.3 is 6.03 Å². The highest BCUT2D eigenvalue weighted by atomic mass is 16.5. The molecule has 0 bridgehead atoms. The molecule has 2 aromatic carbocycles. The van der Waals surface area contributed by atoms with Crippen molar-refractivity contribution in [2.24, 2.45) is 0 Å². The lowest BCUT2D eigenvalue weighted by Gasteiger charge is -2.08. The Labute approximate surface area is 152 Å². The SMILES string of the molecule is CCc1nc(-c2ccc(NC(=O)NCCc3ccc(C)cc3)cc2)no1. The van der Waals surface area contributed by atoms with Crippen molar-refractivity contribution >= 4 is 11.7 Å². The normalized spacial score (nSPS) is 10.5. The number of rotatable bonds is 6. The molecule has 134 valence electrons. The zero-order valence-electron chi connectivity index (χ0n) is 15.0. The van der Waals surface area contributed by atoms with Crippen molar-refractivity contribution in [1.82, 2.24) is 15.5 Å². The Morgan fingerprint density at radius 2 is 1.81 bits per heavy atom. The molecular weight excluding hydrogens is 328 g/mol. The fourth-order valence-electron chi connectivity index (χ4n) is 2.47. The number of amides is 2. The molecule has 0 atom stereocenters. The Balaban J connectivity index is 1.48. The maximum atomic E-state index is 12.0. The van der Waals surface area contributed by atoms with Gasteiger partial charge < -0.3 is 15.2 Å². The standard InChI is InChI=1S/C20H22N4O2/c1-3-18-23-19(24-26-18)16-8-10-17(11-9-16)22-20(25)21-13-12-15-6-4-14(2)5-7-15/h4-11H,3,12-13H2,1-2H3,(H2,21,22,25). The van der Waals surface area contributed by atoms with Crippen molar-refractivity contribution in [3.63, 3.8) is 0 Å². The second-order valence-electron chi connectivity index (χ2n) is 6.06. The first-order chi connectivity index (χ1) is 12.6. The van der Waals surface area contributed by atoms with Crippen LogP contribution in [-0.2, 0) is 12.8 Å². The highest BCUT2D eigenvalue weighted by Gasteiger charge is 2.07. The zero-order chi connectivity index (χ0) is 18.4. The fraction of sp³-hybridized carbons (Fsp3) is 0.250. The number of hydrogen-bond donors (Lipinski definition) is 2. The monoisotopic (exact) mass is 350 g/mol. The zero-order valence-corrected chi connectivity index (χ0v) is 15.0. The van der Waals surface area contributed by atoms with E-state index in [4.69, 9.17) is 4.52 Å². The number of aryl methyl sites for hydroxylation is 2. The minimum Gasteiger partial charge on any atom is -0.339 e. The van der Waals surface area contributed by atoms with Gasteiger partial charge in [0, 0.05) is 24.2 Å². The average Bonchev–Trinajstić information content (AvgIpc) is 3.13. The lowest BCUT2D eigenvalue weighted by molar-refractivity contribution is 0.252. The number of carbonyl (C=O) groups is 1. The molecule has 1 heterocycles. The van der Waals surface area contributed by atoms with Crippen molar-refractivity contribution < 1.29 is 9.32 Å². The van der Waals surface area contributed by atoms with E-state index in [9.17, 15) is 4.79 Å². The van der Waals surface area contributed by atoms with Gasteiger partial charge in [-0.25, -0.2) is 4.79 Å². The van der Waals surface area contributed by atoms with E-state index < -0.39 is 0 Å². The van der Waals surface area contributed by atoms with E-state index in [0.29, 0.717) is 30.4 Å². The summed E-state index contributed by atoms with van der Waals surface area (Å²) in [6.07, 6.45) is 1.50. The van der Waals surface area contributed by atoms with Crippen LogP contribution in [0.15, 0.2) is 53.1 Å². The van der Waals surface area contributed by atoms with Crippen LogP contribution in [0.3, 0.4) is 0 Å². The molecule has 6 heteroatoms. The predicted octanol–water partition coefficient (Wildman–Crippen LogP) is 3.97. The number of anilines is 1. The van der Waals surface area contributed by atoms with Crippen LogP contribution in [0.4, 0.5) is 10.5 Å². The van der Waals surface area contributed by atoms with Crippen LogP contribution < -0.4 is 10.6 Å². The second-order valence-corrected chi connectivity index (χ2v) is 6.06. The van der Waals surface area contributed by atoms with Gasteiger partial charge in [-0.3, -0.25) is 0 Å². The molecule has 0 fully saturated rings. The number of hydrogen-bond acceptors (Lipinski definition) is 4. The summed E-state index contributed by atoms with van der Waals surface area (Å²) in [4.78, 5) is 16.3. The number of benzene rings is 2. The highest BCUT2D eigenvalue weighted by molar-refractivity contribution is 5.89. The summed E-state index contributed by atoms with van der Waals surface area (Å²) in [6.45, 7) is 4.60. The fourth-order valence-corrected chi connectivity index (χ4v) is 2.47.